The SMILES string of the molecule is Cc1ccccc1-n1nnnc1S[C@H](C)C(=O)N1C[C@H](C)C[C@H](C)C1. The molecule has 0 aliphatic carbocycles. The number of thioether (sulfide) groups is 1. The van der Waals surface area contributed by atoms with Crippen LogP contribution in [0.15, 0.2) is 29.4 Å². The number of nitrogens with zero attached hydrogens (tertiary/aromatic N) is 5. The van der Waals surface area contributed by atoms with Gasteiger partial charge < -0.3 is 4.90 Å². The molecule has 0 spiro atoms. The van der Waals surface area contributed by atoms with Gasteiger partial charge in [0.2, 0.25) is 11.1 Å². The first-order valence-electron chi connectivity index (χ1n) is 8.75. The van der Waals surface area contributed by atoms with Crippen molar-refractivity contribution in [3.63, 3.8) is 0 Å². The van der Waals surface area contributed by atoms with Gasteiger partial charge in [0.1, 0.15) is 0 Å². The second-order valence-corrected chi connectivity index (χ2v) is 8.42. The van der Waals surface area contributed by atoms with Gasteiger partial charge in [-0.3, -0.25) is 4.79 Å². The number of amides is 1. The van der Waals surface area contributed by atoms with Crippen LogP contribution >= 0.6 is 11.8 Å². The van der Waals surface area contributed by atoms with Gasteiger partial charge in [0, 0.05) is 13.1 Å². The Morgan fingerprint density at radius 1 is 1.24 bits per heavy atom. The Balaban J connectivity index is 1.74. The predicted octanol–water partition coefficient (Wildman–Crippen LogP) is 2.96. The molecule has 3 rings (SSSR count). The van der Waals surface area contributed by atoms with Crippen molar-refractivity contribution < 1.29 is 4.79 Å². The highest BCUT2D eigenvalue weighted by Gasteiger charge is 2.29. The number of carbonyl (C=O) groups is 1. The van der Waals surface area contributed by atoms with Gasteiger partial charge in [0.15, 0.2) is 0 Å². The van der Waals surface area contributed by atoms with Crippen LogP contribution in [0.4, 0.5) is 0 Å². The predicted molar refractivity (Wildman–Crippen MR) is 98.7 cm³/mol. The van der Waals surface area contributed by atoms with Gasteiger partial charge in [0.25, 0.3) is 0 Å². The van der Waals surface area contributed by atoms with Gasteiger partial charge >= 0.3 is 0 Å². The zero-order valence-corrected chi connectivity index (χ0v) is 16.0. The molecular formula is C18H25N5OS. The third-order valence-electron chi connectivity index (χ3n) is 4.60. The molecule has 0 bridgehead atoms. The zero-order valence-electron chi connectivity index (χ0n) is 15.2. The van der Waals surface area contributed by atoms with E-state index >= 15 is 0 Å². The summed E-state index contributed by atoms with van der Waals surface area (Å²) in [6, 6.07) is 7.96. The van der Waals surface area contributed by atoms with E-state index in [1.165, 1.54) is 18.2 Å². The Morgan fingerprint density at radius 3 is 2.60 bits per heavy atom. The quantitative estimate of drug-likeness (QED) is 0.785. The molecule has 1 amide bonds. The van der Waals surface area contributed by atoms with Gasteiger partial charge in [-0.05, 0) is 54.2 Å². The first-order valence-corrected chi connectivity index (χ1v) is 9.63. The number of hydrogen-bond acceptors (Lipinski definition) is 5. The lowest BCUT2D eigenvalue weighted by atomic mass is 9.92. The van der Waals surface area contributed by atoms with E-state index in [0.29, 0.717) is 17.0 Å². The summed E-state index contributed by atoms with van der Waals surface area (Å²) in [5.74, 6) is 1.28. The van der Waals surface area contributed by atoms with Crippen LogP contribution in [0.1, 0.15) is 32.8 Å². The van der Waals surface area contributed by atoms with Crippen LogP contribution < -0.4 is 0 Å². The lowest BCUT2D eigenvalue weighted by Crippen LogP contribution is -2.45. The van der Waals surface area contributed by atoms with Crippen molar-refractivity contribution in [2.24, 2.45) is 11.8 Å². The van der Waals surface area contributed by atoms with Crippen molar-refractivity contribution in [1.29, 1.82) is 0 Å². The van der Waals surface area contributed by atoms with Crippen LogP contribution in [0.5, 0.6) is 0 Å². The molecule has 134 valence electrons. The number of aryl methyl sites for hydroxylation is 1. The van der Waals surface area contributed by atoms with E-state index in [2.05, 4.69) is 29.4 Å². The van der Waals surface area contributed by atoms with E-state index in [4.69, 9.17) is 0 Å². The fraction of sp³-hybridized carbons (Fsp3) is 0.556. The number of para-hydroxylation sites is 1. The number of piperidine rings is 1. The lowest BCUT2D eigenvalue weighted by Gasteiger charge is -2.36. The van der Waals surface area contributed by atoms with Gasteiger partial charge in [-0.25, -0.2) is 0 Å². The molecular weight excluding hydrogens is 334 g/mol. The molecule has 1 aromatic carbocycles. The number of aromatic nitrogens is 4. The molecule has 2 heterocycles. The van der Waals surface area contributed by atoms with Gasteiger partial charge in [-0.2, -0.15) is 4.68 Å². The minimum atomic E-state index is -0.216. The Bertz CT molecular complexity index is 737. The van der Waals surface area contributed by atoms with Crippen molar-refractivity contribution in [3.05, 3.63) is 29.8 Å². The summed E-state index contributed by atoms with van der Waals surface area (Å²) < 4.78 is 1.71. The second-order valence-electron chi connectivity index (χ2n) is 7.11. The number of tetrazole rings is 1. The zero-order chi connectivity index (χ0) is 18.0. The second kappa shape index (κ2) is 7.56. The Kier molecular flexibility index (Phi) is 5.42. The number of carbonyl (C=O) groups excluding carboxylic acids is 1. The number of likely N-dealkylation sites (tertiary alicyclic amines) is 1. The van der Waals surface area contributed by atoms with E-state index < -0.39 is 0 Å². The molecule has 0 radical (unpaired) electrons. The fourth-order valence-corrected chi connectivity index (χ4v) is 4.40. The van der Waals surface area contributed by atoms with Crippen molar-refractivity contribution in [2.75, 3.05) is 13.1 Å². The maximum absolute atomic E-state index is 12.9. The van der Waals surface area contributed by atoms with Crippen LogP contribution in [-0.2, 0) is 4.79 Å². The molecule has 1 saturated heterocycles. The highest BCUT2D eigenvalue weighted by molar-refractivity contribution is 8.00. The van der Waals surface area contributed by atoms with Crippen LogP contribution in [0.25, 0.3) is 5.69 Å². The summed E-state index contributed by atoms with van der Waals surface area (Å²) in [7, 11) is 0. The van der Waals surface area contributed by atoms with E-state index in [1.54, 1.807) is 4.68 Å². The average Bonchev–Trinajstić information content (AvgIpc) is 3.01. The molecule has 2 aromatic rings. The number of rotatable bonds is 4. The van der Waals surface area contributed by atoms with E-state index in [1.807, 2.05) is 43.0 Å². The third-order valence-corrected chi connectivity index (χ3v) is 5.62. The minimum Gasteiger partial charge on any atom is -0.341 e. The molecule has 3 atom stereocenters. The Hall–Kier alpha value is -1.89. The standard InChI is InChI=1S/C18H25N5OS/c1-12-9-13(2)11-22(10-12)17(24)15(4)25-18-19-20-21-23(18)16-8-6-5-7-14(16)3/h5-8,12-13,15H,9-11H2,1-4H3/t12-,13+,15-/m1/s1. The minimum absolute atomic E-state index is 0.169. The molecule has 0 unspecified atom stereocenters. The van der Waals surface area contributed by atoms with Gasteiger partial charge in [-0.1, -0.05) is 43.8 Å². The van der Waals surface area contributed by atoms with Gasteiger partial charge in [-0.15, -0.1) is 5.10 Å². The van der Waals surface area contributed by atoms with E-state index in [0.717, 1.165) is 24.3 Å². The van der Waals surface area contributed by atoms with Gasteiger partial charge in [0.05, 0.1) is 10.9 Å². The van der Waals surface area contributed by atoms with Crippen molar-refractivity contribution in [1.82, 2.24) is 25.1 Å². The Labute approximate surface area is 153 Å². The van der Waals surface area contributed by atoms with Crippen molar-refractivity contribution in [3.8, 4) is 5.69 Å². The Morgan fingerprint density at radius 2 is 1.92 bits per heavy atom. The smallest absolute Gasteiger partial charge is 0.235 e. The summed E-state index contributed by atoms with van der Waals surface area (Å²) >= 11 is 1.42. The summed E-state index contributed by atoms with van der Waals surface area (Å²) in [6.07, 6.45) is 1.19. The molecule has 1 fully saturated rings. The summed E-state index contributed by atoms with van der Waals surface area (Å²) in [5, 5.41) is 12.5. The summed E-state index contributed by atoms with van der Waals surface area (Å²) in [5.41, 5.74) is 2.03. The molecule has 1 aliphatic heterocycles. The molecule has 1 aliphatic rings. The molecule has 6 nitrogen and oxygen atoms in total. The van der Waals surface area contributed by atoms with Crippen molar-refractivity contribution >= 4 is 17.7 Å². The first kappa shape index (κ1) is 17.9. The van der Waals surface area contributed by atoms with Crippen LogP contribution in [0.3, 0.4) is 0 Å². The normalized spacial score (nSPS) is 22.0. The molecule has 0 saturated carbocycles. The van der Waals surface area contributed by atoms with Crippen molar-refractivity contribution in [2.45, 2.75) is 44.5 Å². The molecule has 7 heteroatoms. The highest BCUT2D eigenvalue weighted by atomic mass is 32.2. The first-order chi connectivity index (χ1) is 12.0. The monoisotopic (exact) mass is 359 g/mol. The summed E-state index contributed by atoms with van der Waals surface area (Å²) in [4.78, 5) is 14.9. The highest BCUT2D eigenvalue weighted by Crippen LogP contribution is 2.28. The van der Waals surface area contributed by atoms with E-state index in [-0.39, 0.29) is 11.2 Å². The van der Waals surface area contributed by atoms with Crippen LogP contribution in [0.2, 0.25) is 0 Å². The largest absolute Gasteiger partial charge is 0.341 e. The fourth-order valence-electron chi connectivity index (χ4n) is 3.51. The van der Waals surface area contributed by atoms with Crippen LogP contribution in [0, 0.1) is 18.8 Å². The maximum Gasteiger partial charge on any atom is 0.235 e. The lowest BCUT2D eigenvalue weighted by molar-refractivity contribution is -0.132. The number of hydrogen-bond donors (Lipinski definition) is 0. The summed E-state index contributed by atoms with van der Waals surface area (Å²) in [6.45, 7) is 10.1. The topological polar surface area (TPSA) is 63.9 Å². The molecule has 1 aromatic heterocycles. The molecule has 0 N–H and O–H groups in total. The third kappa shape index (κ3) is 4.03. The van der Waals surface area contributed by atoms with Crippen LogP contribution in [-0.4, -0.2) is 49.4 Å². The average molecular weight is 359 g/mol. The maximum atomic E-state index is 12.9. The molecule has 25 heavy (non-hydrogen) atoms. The number of benzene rings is 1. The van der Waals surface area contributed by atoms with E-state index in [9.17, 15) is 4.79 Å².